The van der Waals surface area contributed by atoms with Crippen molar-refractivity contribution in [3.8, 4) is 0 Å². The van der Waals surface area contributed by atoms with Gasteiger partial charge in [0.2, 0.25) is 0 Å². The number of aromatic nitrogens is 1. The number of hydrogen-bond acceptors (Lipinski definition) is 3. The molecule has 0 aliphatic carbocycles. The second kappa shape index (κ2) is 9.76. The first-order chi connectivity index (χ1) is 13.2. The molecule has 1 aliphatic rings. The maximum absolute atomic E-state index is 4.83. The van der Waals surface area contributed by atoms with Gasteiger partial charge < -0.3 is 20.1 Å². The van der Waals surface area contributed by atoms with Crippen molar-refractivity contribution in [1.29, 1.82) is 0 Å². The second-order valence-corrected chi connectivity index (χ2v) is 7.46. The minimum atomic E-state index is 0.491. The van der Waals surface area contributed by atoms with Gasteiger partial charge in [-0.3, -0.25) is 9.89 Å². The summed E-state index contributed by atoms with van der Waals surface area (Å²) in [7, 11) is 4.40. The van der Waals surface area contributed by atoms with E-state index in [-0.39, 0.29) is 0 Å². The van der Waals surface area contributed by atoms with E-state index < -0.39 is 0 Å². The van der Waals surface area contributed by atoms with Gasteiger partial charge in [0.05, 0.1) is 6.54 Å². The average Bonchev–Trinajstić information content (AvgIpc) is 3.09. The van der Waals surface area contributed by atoms with Gasteiger partial charge in [0, 0.05) is 57.0 Å². The highest BCUT2D eigenvalue weighted by molar-refractivity contribution is 5.80. The number of guanidine groups is 1. The highest BCUT2D eigenvalue weighted by Crippen LogP contribution is 2.15. The minimum Gasteiger partial charge on any atom is -0.357 e. The minimum absolute atomic E-state index is 0.491. The smallest absolute Gasteiger partial charge is 0.191 e. The van der Waals surface area contributed by atoms with E-state index in [1.54, 1.807) is 0 Å². The molecule has 0 bridgehead atoms. The Morgan fingerprint density at radius 2 is 2.00 bits per heavy atom. The van der Waals surface area contributed by atoms with E-state index in [1.165, 1.54) is 10.9 Å². The van der Waals surface area contributed by atoms with Crippen molar-refractivity contribution in [3.05, 3.63) is 36.5 Å². The largest absolute Gasteiger partial charge is 0.357 e. The monoisotopic (exact) mass is 370 g/mol. The molecule has 6 heteroatoms. The summed E-state index contributed by atoms with van der Waals surface area (Å²) in [5, 5.41) is 8.17. The first kappa shape index (κ1) is 19.7. The fourth-order valence-electron chi connectivity index (χ4n) is 3.63. The molecule has 1 atom stereocenters. The van der Waals surface area contributed by atoms with E-state index in [0.717, 1.165) is 58.2 Å². The summed E-state index contributed by atoms with van der Waals surface area (Å²) in [6.45, 7) is 9.10. The SMILES string of the molecule is CCNC(=NCC1CN(C)CCN1C)NCCCn1ccc2ccccc21. The lowest BCUT2D eigenvalue weighted by Gasteiger charge is -2.36. The molecule has 1 aromatic heterocycles. The zero-order chi connectivity index (χ0) is 19.1. The predicted octanol–water partition coefficient (Wildman–Crippen LogP) is 1.83. The summed E-state index contributed by atoms with van der Waals surface area (Å²) >= 11 is 0. The molecule has 1 fully saturated rings. The average molecular weight is 371 g/mol. The molecule has 1 saturated heterocycles. The van der Waals surface area contributed by atoms with Gasteiger partial charge in [0.1, 0.15) is 0 Å². The fourth-order valence-corrected chi connectivity index (χ4v) is 3.63. The predicted molar refractivity (Wildman–Crippen MR) is 114 cm³/mol. The summed E-state index contributed by atoms with van der Waals surface area (Å²) in [5.74, 6) is 0.927. The van der Waals surface area contributed by atoms with Gasteiger partial charge >= 0.3 is 0 Å². The standard InChI is InChI=1S/C21H34N6/c1-4-22-21(24-16-19-17-25(2)14-15-26(19)3)23-11-7-12-27-13-10-18-8-5-6-9-20(18)27/h5-6,8-10,13,19H,4,7,11-12,14-17H2,1-3H3,(H2,22,23,24). The molecule has 148 valence electrons. The molecule has 0 radical (unpaired) electrons. The molecular weight excluding hydrogens is 336 g/mol. The Balaban J connectivity index is 1.47. The Morgan fingerprint density at radius 3 is 2.85 bits per heavy atom. The number of aryl methyl sites for hydroxylation is 1. The molecule has 1 aromatic carbocycles. The molecule has 1 unspecified atom stereocenters. The van der Waals surface area contributed by atoms with Crippen molar-refractivity contribution in [1.82, 2.24) is 25.0 Å². The van der Waals surface area contributed by atoms with Gasteiger partial charge in [-0.1, -0.05) is 18.2 Å². The Hall–Kier alpha value is -2.05. The van der Waals surface area contributed by atoms with E-state index in [0.29, 0.717) is 6.04 Å². The molecule has 6 nitrogen and oxygen atoms in total. The van der Waals surface area contributed by atoms with Crippen LogP contribution < -0.4 is 10.6 Å². The molecule has 2 N–H and O–H groups in total. The van der Waals surface area contributed by atoms with Gasteiger partial charge in [0.15, 0.2) is 5.96 Å². The lowest BCUT2D eigenvalue weighted by atomic mass is 10.2. The molecule has 2 aromatic rings. The number of likely N-dealkylation sites (N-methyl/N-ethyl adjacent to an activating group) is 2. The molecule has 2 heterocycles. The van der Waals surface area contributed by atoms with Crippen molar-refractivity contribution in [2.24, 2.45) is 4.99 Å². The van der Waals surface area contributed by atoms with Gasteiger partial charge in [-0.2, -0.15) is 0 Å². The molecule has 0 amide bonds. The van der Waals surface area contributed by atoms with Crippen LogP contribution in [0.2, 0.25) is 0 Å². The number of piperazine rings is 1. The Bertz CT molecular complexity index is 737. The first-order valence-electron chi connectivity index (χ1n) is 10.1. The van der Waals surface area contributed by atoms with E-state index in [4.69, 9.17) is 4.99 Å². The van der Waals surface area contributed by atoms with Gasteiger partial charge in [-0.25, -0.2) is 0 Å². The van der Waals surface area contributed by atoms with Gasteiger partial charge in [-0.05, 0) is 45.0 Å². The Kier molecular flexibility index (Phi) is 7.12. The second-order valence-electron chi connectivity index (χ2n) is 7.46. The van der Waals surface area contributed by atoms with E-state index in [2.05, 4.69) is 82.5 Å². The van der Waals surface area contributed by atoms with E-state index >= 15 is 0 Å². The first-order valence-corrected chi connectivity index (χ1v) is 10.1. The zero-order valence-electron chi connectivity index (χ0n) is 17.0. The molecule has 3 rings (SSSR count). The van der Waals surface area contributed by atoms with Crippen LogP contribution in [0.3, 0.4) is 0 Å². The van der Waals surface area contributed by atoms with Crippen LogP contribution in [0.4, 0.5) is 0 Å². The number of hydrogen-bond donors (Lipinski definition) is 2. The molecule has 27 heavy (non-hydrogen) atoms. The number of nitrogens with zero attached hydrogens (tertiary/aromatic N) is 4. The van der Waals surface area contributed by atoms with Crippen LogP contribution in [0, 0.1) is 0 Å². The van der Waals surface area contributed by atoms with Crippen molar-refractivity contribution < 1.29 is 0 Å². The third kappa shape index (κ3) is 5.47. The summed E-state index contributed by atoms with van der Waals surface area (Å²) < 4.78 is 2.33. The number of nitrogens with one attached hydrogen (secondary N) is 2. The summed E-state index contributed by atoms with van der Waals surface area (Å²) in [4.78, 5) is 9.64. The van der Waals surface area contributed by atoms with E-state index in [9.17, 15) is 0 Å². The molecule has 1 aliphatic heterocycles. The van der Waals surface area contributed by atoms with E-state index in [1.807, 2.05) is 0 Å². The number of rotatable bonds is 7. The summed E-state index contributed by atoms with van der Waals surface area (Å²) in [5.41, 5.74) is 1.31. The fraction of sp³-hybridized carbons (Fsp3) is 0.571. The van der Waals surface area contributed by atoms with Crippen LogP contribution >= 0.6 is 0 Å². The number of benzene rings is 1. The van der Waals surface area contributed by atoms with Crippen molar-refractivity contribution in [3.63, 3.8) is 0 Å². The zero-order valence-corrected chi connectivity index (χ0v) is 17.0. The van der Waals surface area contributed by atoms with Crippen LogP contribution in [0.15, 0.2) is 41.5 Å². The summed E-state index contributed by atoms with van der Waals surface area (Å²) in [6, 6.07) is 11.2. The van der Waals surface area contributed by atoms with Crippen LogP contribution in [0.5, 0.6) is 0 Å². The van der Waals surface area contributed by atoms with Gasteiger partial charge in [0.25, 0.3) is 0 Å². The lowest BCUT2D eigenvalue weighted by molar-refractivity contribution is 0.119. The lowest BCUT2D eigenvalue weighted by Crippen LogP contribution is -2.51. The number of aliphatic imine (C=N–C) groups is 1. The van der Waals surface area contributed by atoms with Crippen LogP contribution in [-0.2, 0) is 6.54 Å². The highest BCUT2D eigenvalue weighted by atomic mass is 15.3. The highest BCUT2D eigenvalue weighted by Gasteiger charge is 2.21. The quantitative estimate of drug-likeness (QED) is 0.444. The number of fused-ring (bicyclic) bond motifs is 1. The maximum atomic E-state index is 4.83. The molecule has 0 saturated carbocycles. The third-order valence-corrected chi connectivity index (χ3v) is 5.33. The normalized spacial score (nSPS) is 19.5. The Morgan fingerprint density at radius 1 is 1.15 bits per heavy atom. The van der Waals surface area contributed by atoms with Crippen LogP contribution in [-0.4, -0.2) is 79.7 Å². The third-order valence-electron chi connectivity index (χ3n) is 5.33. The van der Waals surface area contributed by atoms with Crippen molar-refractivity contribution in [2.75, 3.05) is 53.4 Å². The van der Waals surface area contributed by atoms with Crippen molar-refractivity contribution >= 4 is 16.9 Å². The topological polar surface area (TPSA) is 47.8 Å². The maximum Gasteiger partial charge on any atom is 0.191 e. The number of para-hydroxylation sites is 1. The molecular formula is C21H34N6. The van der Waals surface area contributed by atoms with Crippen LogP contribution in [0.1, 0.15) is 13.3 Å². The molecule has 0 spiro atoms. The Labute approximate surface area is 163 Å². The van der Waals surface area contributed by atoms with Gasteiger partial charge in [-0.15, -0.1) is 0 Å². The van der Waals surface area contributed by atoms with Crippen LogP contribution in [0.25, 0.3) is 10.9 Å². The summed E-state index contributed by atoms with van der Waals surface area (Å²) in [6.07, 6.45) is 3.24. The van der Waals surface area contributed by atoms with Crippen molar-refractivity contribution in [2.45, 2.75) is 25.9 Å².